The summed E-state index contributed by atoms with van der Waals surface area (Å²) in [6.45, 7) is 0. The zero-order chi connectivity index (χ0) is 20.9. The maximum absolute atomic E-state index is 11.6. The molecule has 0 aliphatic carbocycles. The molecule has 6 nitrogen and oxygen atoms in total. The zero-order valence-corrected chi connectivity index (χ0v) is 17.3. The summed E-state index contributed by atoms with van der Waals surface area (Å²) in [5.74, 6) is 0.377. The lowest BCUT2D eigenvalue weighted by atomic mass is 10.2. The van der Waals surface area contributed by atoms with Crippen LogP contribution < -0.4 is 4.74 Å². The minimum absolute atomic E-state index is 0.347. The first-order valence-electron chi connectivity index (χ1n) is 9.21. The van der Waals surface area contributed by atoms with Crippen molar-refractivity contribution < 1.29 is 14.3 Å². The lowest BCUT2D eigenvalue weighted by Crippen LogP contribution is -2.00. The molecule has 0 atom stereocenters. The van der Waals surface area contributed by atoms with Gasteiger partial charge in [0.25, 0.3) is 0 Å². The molecule has 0 saturated carbocycles. The highest BCUT2D eigenvalue weighted by Crippen LogP contribution is 2.35. The van der Waals surface area contributed by atoms with Crippen LogP contribution in [-0.2, 0) is 4.74 Å². The Morgan fingerprint density at radius 1 is 0.933 bits per heavy atom. The topological polar surface area (TPSA) is 66.2 Å². The summed E-state index contributed by atoms with van der Waals surface area (Å²) in [6, 6.07) is 23.0. The number of ether oxygens (including phenoxy) is 2. The average molecular weight is 417 g/mol. The molecule has 0 radical (unpaired) electrons. The Morgan fingerprint density at radius 2 is 1.67 bits per heavy atom. The van der Waals surface area contributed by atoms with E-state index in [9.17, 15) is 4.79 Å². The summed E-state index contributed by atoms with van der Waals surface area (Å²) in [6.07, 6.45) is 1.89. The molecule has 0 fully saturated rings. The van der Waals surface area contributed by atoms with Crippen LogP contribution in [0.5, 0.6) is 5.75 Å². The molecule has 0 N–H and O–H groups in total. The van der Waals surface area contributed by atoms with Gasteiger partial charge in [0, 0.05) is 15.4 Å². The van der Waals surface area contributed by atoms with Crippen LogP contribution in [-0.4, -0.2) is 35.2 Å². The number of para-hydroxylation sites is 2. The second-order valence-electron chi connectivity index (χ2n) is 6.33. The number of esters is 1. The maximum Gasteiger partial charge on any atom is 0.337 e. The average Bonchev–Trinajstić information content (AvgIpc) is 3.29. The molecule has 0 saturated heterocycles. The van der Waals surface area contributed by atoms with Gasteiger partial charge in [-0.1, -0.05) is 47.3 Å². The molecule has 0 bridgehead atoms. The molecule has 30 heavy (non-hydrogen) atoms. The van der Waals surface area contributed by atoms with Crippen molar-refractivity contribution in [3.8, 4) is 22.7 Å². The zero-order valence-electron chi connectivity index (χ0n) is 16.5. The van der Waals surface area contributed by atoms with E-state index in [1.165, 1.54) is 7.11 Å². The van der Waals surface area contributed by atoms with Gasteiger partial charge in [-0.05, 0) is 42.5 Å². The predicted octanol–water partition coefficient (Wildman–Crippen LogP) is 4.88. The van der Waals surface area contributed by atoms with Crippen LogP contribution in [0.4, 0.5) is 0 Å². The number of aromatic nitrogens is 3. The van der Waals surface area contributed by atoms with Crippen molar-refractivity contribution in [1.82, 2.24) is 15.0 Å². The number of methoxy groups -OCH3 is 2. The smallest absolute Gasteiger partial charge is 0.337 e. The van der Waals surface area contributed by atoms with Gasteiger partial charge in [0.1, 0.15) is 17.1 Å². The molecular formula is C23H19N3O3S. The Hall–Kier alpha value is -3.58. The molecule has 0 spiro atoms. The first-order valence-corrected chi connectivity index (χ1v) is 10.0. The number of carbonyl (C=O) groups is 1. The van der Waals surface area contributed by atoms with E-state index in [1.807, 2.05) is 66.9 Å². The van der Waals surface area contributed by atoms with Gasteiger partial charge >= 0.3 is 5.97 Å². The number of carbonyl (C=O) groups excluding carboxylic acids is 1. The number of hydrogen-bond donors (Lipinski definition) is 0. The summed E-state index contributed by atoms with van der Waals surface area (Å²) >= 11 is 1.60. The number of rotatable bonds is 6. The summed E-state index contributed by atoms with van der Waals surface area (Å²) in [4.78, 5) is 13.7. The Balaban J connectivity index is 1.63. The Kier molecular flexibility index (Phi) is 5.81. The largest absolute Gasteiger partial charge is 0.494 e. The molecule has 0 aliphatic rings. The van der Waals surface area contributed by atoms with Crippen LogP contribution in [0.3, 0.4) is 0 Å². The normalized spacial score (nSPS) is 10.6. The molecule has 4 rings (SSSR count). The molecule has 4 aromatic rings. The van der Waals surface area contributed by atoms with Crippen LogP contribution in [0.1, 0.15) is 10.4 Å². The van der Waals surface area contributed by atoms with E-state index in [2.05, 4.69) is 10.3 Å². The summed E-state index contributed by atoms with van der Waals surface area (Å²) < 4.78 is 11.9. The van der Waals surface area contributed by atoms with Gasteiger partial charge < -0.3 is 9.47 Å². The van der Waals surface area contributed by atoms with Crippen molar-refractivity contribution in [2.45, 2.75) is 9.79 Å². The number of nitrogens with zero attached hydrogens (tertiary/aromatic N) is 3. The molecular weight excluding hydrogens is 398 g/mol. The molecule has 3 aromatic carbocycles. The summed E-state index contributed by atoms with van der Waals surface area (Å²) in [7, 11) is 3.01. The van der Waals surface area contributed by atoms with Gasteiger partial charge in [0.2, 0.25) is 0 Å². The highest BCUT2D eigenvalue weighted by atomic mass is 32.2. The maximum atomic E-state index is 11.6. The highest BCUT2D eigenvalue weighted by molar-refractivity contribution is 7.99. The molecule has 1 aromatic heterocycles. The van der Waals surface area contributed by atoms with Gasteiger partial charge in [-0.3, -0.25) is 0 Å². The Labute approximate surface area is 178 Å². The third kappa shape index (κ3) is 4.06. The van der Waals surface area contributed by atoms with Crippen LogP contribution >= 0.6 is 11.8 Å². The molecule has 7 heteroatoms. The van der Waals surface area contributed by atoms with Gasteiger partial charge in [0.05, 0.1) is 26.0 Å². The van der Waals surface area contributed by atoms with E-state index >= 15 is 0 Å². The lowest BCUT2D eigenvalue weighted by molar-refractivity contribution is 0.0600. The fourth-order valence-electron chi connectivity index (χ4n) is 3.00. The van der Waals surface area contributed by atoms with Crippen molar-refractivity contribution in [2.24, 2.45) is 0 Å². The van der Waals surface area contributed by atoms with E-state index < -0.39 is 0 Å². The predicted molar refractivity (Wildman–Crippen MR) is 115 cm³/mol. The van der Waals surface area contributed by atoms with E-state index in [0.29, 0.717) is 5.56 Å². The molecule has 150 valence electrons. The van der Waals surface area contributed by atoms with E-state index in [0.717, 1.165) is 32.5 Å². The Bertz CT molecular complexity index is 1170. The molecule has 0 amide bonds. The summed E-state index contributed by atoms with van der Waals surface area (Å²) in [5, 5.41) is 8.66. The van der Waals surface area contributed by atoms with Gasteiger partial charge in [-0.25, -0.2) is 9.48 Å². The van der Waals surface area contributed by atoms with Gasteiger partial charge in [0.15, 0.2) is 0 Å². The second-order valence-corrected chi connectivity index (χ2v) is 7.45. The van der Waals surface area contributed by atoms with Gasteiger partial charge in [-0.2, -0.15) is 0 Å². The molecule has 0 unspecified atom stereocenters. The third-order valence-electron chi connectivity index (χ3n) is 4.49. The van der Waals surface area contributed by atoms with Crippen molar-refractivity contribution in [3.05, 3.63) is 84.6 Å². The molecule has 1 heterocycles. The lowest BCUT2D eigenvalue weighted by Gasteiger charge is -2.08. The van der Waals surface area contributed by atoms with Crippen LogP contribution in [0.15, 0.2) is 88.8 Å². The van der Waals surface area contributed by atoms with E-state index in [4.69, 9.17) is 9.47 Å². The van der Waals surface area contributed by atoms with Crippen LogP contribution in [0.25, 0.3) is 16.9 Å². The quantitative estimate of drug-likeness (QED) is 0.417. The number of benzene rings is 3. The van der Waals surface area contributed by atoms with Crippen molar-refractivity contribution in [1.29, 1.82) is 0 Å². The Morgan fingerprint density at radius 3 is 2.43 bits per heavy atom. The third-order valence-corrected chi connectivity index (χ3v) is 5.58. The minimum atomic E-state index is -0.347. The standard InChI is InChI=1S/C23H19N3O3S/c1-28-21-9-5-4-8-20(21)26-15-19(24-25-26)18-7-3-6-10-22(18)30-17-13-11-16(12-14-17)23(27)29-2/h3-15H,1-2H3. The second kappa shape index (κ2) is 8.84. The first kappa shape index (κ1) is 19.7. The minimum Gasteiger partial charge on any atom is -0.494 e. The van der Waals surface area contributed by atoms with Crippen molar-refractivity contribution in [2.75, 3.05) is 14.2 Å². The van der Waals surface area contributed by atoms with Crippen molar-refractivity contribution >= 4 is 17.7 Å². The first-order chi connectivity index (χ1) is 14.7. The van der Waals surface area contributed by atoms with Crippen molar-refractivity contribution in [3.63, 3.8) is 0 Å². The summed E-state index contributed by atoms with van der Waals surface area (Å²) in [5.41, 5.74) is 3.08. The van der Waals surface area contributed by atoms with Gasteiger partial charge in [-0.15, -0.1) is 5.10 Å². The monoisotopic (exact) mass is 417 g/mol. The highest BCUT2D eigenvalue weighted by Gasteiger charge is 2.13. The van der Waals surface area contributed by atoms with Crippen LogP contribution in [0, 0.1) is 0 Å². The fraction of sp³-hybridized carbons (Fsp3) is 0.0870. The molecule has 0 aliphatic heterocycles. The number of hydrogen-bond acceptors (Lipinski definition) is 6. The fourth-order valence-corrected chi connectivity index (χ4v) is 3.95. The SMILES string of the molecule is COC(=O)c1ccc(Sc2ccccc2-c2cn(-c3ccccc3OC)nn2)cc1. The van der Waals surface area contributed by atoms with Crippen LogP contribution in [0.2, 0.25) is 0 Å². The van der Waals surface area contributed by atoms with E-state index in [-0.39, 0.29) is 5.97 Å². The van der Waals surface area contributed by atoms with E-state index in [1.54, 1.807) is 35.7 Å².